The van der Waals surface area contributed by atoms with Gasteiger partial charge in [-0.25, -0.2) is 5.43 Å². The summed E-state index contributed by atoms with van der Waals surface area (Å²) >= 11 is 0. The molecule has 2 aromatic rings. The normalized spacial score (nSPS) is 10.7. The van der Waals surface area contributed by atoms with Crippen molar-refractivity contribution in [2.24, 2.45) is 5.10 Å². The monoisotopic (exact) mass is 332 g/mol. The van der Waals surface area contributed by atoms with E-state index in [-0.39, 0.29) is 5.91 Å². The predicted octanol–water partition coefficient (Wildman–Crippen LogP) is 2.69. The summed E-state index contributed by atoms with van der Waals surface area (Å²) in [5.74, 6) is 2.33. The molecule has 0 bridgehead atoms. The van der Waals surface area contributed by atoms with Crippen LogP contribution in [0.4, 0.5) is 0 Å². The number of benzene rings is 1. The fraction of sp³-hybridized carbons (Fsp3) is 0.294. The van der Waals surface area contributed by atoms with Crippen LogP contribution in [0.5, 0.6) is 17.2 Å². The molecule has 128 valence electrons. The van der Waals surface area contributed by atoms with E-state index in [2.05, 4.69) is 10.5 Å². The van der Waals surface area contributed by atoms with Crippen LogP contribution in [-0.4, -0.2) is 33.5 Å². The van der Waals surface area contributed by atoms with Crippen LogP contribution in [-0.2, 0) is 0 Å². The van der Waals surface area contributed by atoms with Crippen molar-refractivity contribution in [1.82, 2.24) is 5.43 Å². The van der Waals surface area contributed by atoms with Gasteiger partial charge in [-0.2, -0.15) is 5.10 Å². The first-order chi connectivity index (χ1) is 11.5. The van der Waals surface area contributed by atoms with Gasteiger partial charge in [0.05, 0.1) is 33.1 Å². The molecule has 0 fully saturated rings. The first-order valence-electron chi connectivity index (χ1n) is 7.21. The largest absolute Gasteiger partial charge is 0.493 e. The molecule has 1 aromatic carbocycles. The molecule has 1 aromatic heterocycles. The smallest absolute Gasteiger partial charge is 0.274 e. The zero-order chi connectivity index (χ0) is 17.7. The lowest BCUT2D eigenvalue weighted by Gasteiger charge is -2.13. The molecule has 0 unspecified atom stereocenters. The van der Waals surface area contributed by atoms with Crippen LogP contribution in [0.3, 0.4) is 0 Å². The lowest BCUT2D eigenvalue weighted by molar-refractivity contribution is 0.0953. The Balaban J connectivity index is 2.20. The fourth-order valence-corrected chi connectivity index (χ4v) is 2.30. The van der Waals surface area contributed by atoms with E-state index >= 15 is 0 Å². The van der Waals surface area contributed by atoms with Crippen molar-refractivity contribution in [3.05, 3.63) is 40.8 Å². The Labute approximate surface area is 140 Å². The number of amides is 1. The van der Waals surface area contributed by atoms with Crippen molar-refractivity contribution in [1.29, 1.82) is 0 Å². The summed E-state index contributed by atoms with van der Waals surface area (Å²) in [4.78, 5) is 12.1. The van der Waals surface area contributed by atoms with Crippen molar-refractivity contribution >= 4 is 12.1 Å². The molecule has 1 amide bonds. The molecular formula is C17H20N2O5. The lowest BCUT2D eigenvalue weighted by Crippen LogP contribution is -2.17. The van der Waals surface area contributed by atoms with Gasteiger partial charge in [-0.05, 0) is 32.0 Å². The molecule has 1 N–H and O–H groups in total. The molecular weight excluding hydrogens is 312 g/mol. The predicted molar refractivity (Wildman–Crippen MR) is 89.3 cm³/mol. The maximum Gasteiger partial charge on any atom is 0.274 e. The highest BCUT2D eigenvalue weighted by atomic mass is 16.5. The van der Waals surface area contributed by atoms with Crippen LogP contribution < -0.4 is 19.6 Å². The van der Waals surface area contributed by atoms with Crippen LogP contribution >= 0.6 is 0 Å². The highest BCUT2D eigenvalue weighted by Gasteiger charge is 2.15. The number of nitrogens with one attached hydrogen (secondary N) is 1. The third-order valence-electron chi connectivity index (χ3n) is 3.39. The molecule has 0 aliphatic heterocycles. The quantitative estimate of drug-likeness (QED) is 0.649. The maximum absolute atomic E-state index is 12.1. The highest BCUT2D eigenvalue weighted by molar-refractivity contribution is 5.96. The number of hydrogen-bond acceptors (Lipinski definition) is 6. The maximum atomic E-state index is 12.1. The number of furan rings is 1. The second-order valence-electron chi connectivity index (χ2n) is 4.95. The van der Waals surface area contributed by atoms with E-state index < -0.39 is 0 Å². The van der Waals surface area contributed by atoms with Crippen molar-refractivity contribution in [2.75, 3.05) is 21.3 Å². The topological polar surface area (TPSA) is 82.3 Å². The molecule has 0 aliphatic rings. The van der Waals surface area contributed by atoms with E-state index in [9.17, 15) is 4.79 Å². The Kier molecular flexibility index (Phi) is 5.47. The summed E-state index contributed by atoms with van der Waals surface area (Å²) < 4.78 is 21.2. The van der Waals surface area contributed by atoms with Gasteiger partial charge in [-0.1, -0.05) is 0 Å². The molecule has 7 heteroatoms. The fourth-order valence-electron chi connectivity index (χ4n) is 2.30. The zero-order valence-electron chi connectivity index (χ0n) is 14.3. The number of rotatable bonds is 6. The summed E-state index contributed by atoms with van der Waals surface area (Å²) in [6.45, 7) is 3.50. The number of hydrogen-bond donors (Lipinski definition) is 1. The number of carbonyl (C=O) groups excluding carboxylic acids is 1. The minimum Gasteiger partial charge on any atom is -0.493 e. The van der Waals surface area contributed by atoms with Gasteiger partial charge < -0.3 is 18.6 Å². The van der Waals surface area contributed by atoms with E-state index in [0.29, 0.717) is 39.9 Å². The van der Waals surface area contributed by atoms with Crippen LogP contribution in [0.2, 0.25) is 0 Å². The number of methoxy groups -OCH3 is 3. The summed E-state index contributed by atoms with van der Waals surface area (Å²) in [6.07, 6.45) is 1.47. The molecule has 7 nitrogen and oxygen atoms in total. The molecule has 0 aliphatic carbocycles. The van der Waals surface area contributed by atoms with Crippen molar-refractivity contribution in [3.63, 3.8) is 0 Å². The summed E-state index contributed by atoms with van der Waals surface area (Å²) in [6, 6.07) is 5.15. The van der Waals surface area contributed by atoms with E-state index in [1.165, 1.54) is 20.4 Å². The first-order valence-corrected chi connectivity index (χ1v) is 7.21. The van der Waals surface area contributed by atoms with Gasteiger partial charge in [0, 0.05) is 5.56 Å². The van der Waals surface area contributed by atoms with Crippen LogP contribution in [0.25, 0.3) is 0 Å². The van der Waals surface area contributed by atoms with Gasteiger partial charge in [-0.3, -0.25) is 4.79 Å². The molecule has 0 atom stereocenters. The first kappa shape index (κ1) is 17.4. The SMILES string of the molecule is COc1ccc(/C=N\NC(=O)c2cc(C)oc2C)c(OC)c1OC. The number of carbonyl (C=O) groups is 1. The molecule has 0 spiro atoms. The Bertz CT molecular complexity index is 765. The summed E-state index contributed by atoms with van der Waals surface area (Å²) in [5.41, 5.74) is 3.54. The van der Waals surface area contributed by atoms with Crippen molar-refractivity contribution in [2.45, 2.75) is 13.8 Å². The van der Waals surface area contributed by atoms with Crippen LogP contribution in [0.15, 0.2) is 27.7 Å². The number of hydrazone groups is 1. The zero-order valence-corrected chi connectivity index (χ0v) is 14.3. The van der Waals surface area contributed by atoms with E-state index in [1.54, 1.807) is 39.2 Å². The molecule has 24 heavy (non-hydrogen) atoms. The van der Waals surface area contributed by atoms with Crippen molar-refractivity contribution < 1.29 is 23.4 Å². The Morgan fingerprint density at radius 3 is 2.38 bits per heavy atom. The summed E-state index contributed by atoms with van der Waals surface area (Å²) in [7, 11) is 4.58. The molecule has 2 rings (SSSR count). The van der Waals surface area contributed by atoms with Crippen LogP contribution in [0, 0.1) is 13.8 Å². The Morgan fingerprint density at radius 1 is 1.12 bits per heavy atom. The lowest BCUT2D eigenvalue weighted by atomic mass is 10.2. The van der Waals surface area contributed by atoms with Gasteiger partial charge in [0.25, 0.3) is 5.91 Å². The molecule has 0 saturated heterocycles. The minimum atomic E-state index is -0.347. The van der Waals surface area contributed by atoms with Gasteiger partial charge in [0.15, 0.2) is 11.5 Å². The third-order valence-corrected chi connectivity index (χ3v) is 3.39. The average molecular weight is 332 g/mol. The average Bonchev–Trinajstić information content (AvgIpc) is 2.92. The van der Waals surface area contributed by atoms with Gasteiger partial charge >= 0.3 is 0 Å². The Morgan fingerprint density at radius 2 is 1.83 bits per heavy atom. The van der Waals surface area contributed by atoms with Gasteiger partial charge in [0.1, 0.15) is 11.5 Å². The van der Waals surface area contributed by atoms with E-state index in [4.69, 9.17) is 18.6 Å². The standard InChI is InChI=1S/C17H20N2O5/c1-10-8-13(11(2)24-10)17(20)19-18-9-12-6-7-14(21-3)16(23-5)15(12)22-4/h6-9H,1-5H3,(H,19,20)/b18-9-. The Hall–Kier alpha value is -2.96. The van der Waals surface area contributed by atoms with Gasteiger partial charge in [-0.15, -0.1) is 0 Å². The van der Waals surface area contributed by atoms with E-state index in [0.717, 1.165) is 0 Å². The van der Waals surface area contributed by atoms with Crippen molar-refractivity contribution in [3.8, 4) is 17.2 Å². The number of nitrogens with zero attached hydrogens (tertiary/aromatic N) is 1. The molecule has 0 saturated carbocycles. The number of aryl methyl sites for hydroxylation is 2. The van der Waals surface area contributed by atoms with Gasteiger partial charge in [0.2, 0.25) is 5.75 Å². The highest BCUT2D eigenvalue weighted by Crippen LogP contribution is 2.38. The minimum absolute atomic E-state index is 0.347. The van der Waals surface area contributed by atoms with E-state index in [1.807, 2.05) is 0 Å². The number of ether oxygens (including phenoxy) is 3. The molecule has 1 heterocycles. The van der Waals surface area contributed by atoms with Crippen LogP contribution in [0.1, 0.15) is 27.4 Å². The second-order valence-corrected chi connectivity index (χ2v) is 4.95. The molecule has 0 radical (unpaired) electrons. The summed E-state index contributed by atoms with van der Waals surface area (Å²) in [5, 5.41) is 3.97. The second kappa shape index (κ2) is 7.54. The third kappa shape index (κ3) is 3.51.